The molecule has 0 heterocycles. The summed E-state index contributed by atoms with van der Waals surface area (Å²) >= 11 is 0. The van der Waals surface area contributed by atoms with Gasteiger partial charge in [0, 0.05) is 0 Å². The van der Waals surface area contributed by atoms with Gasteiger partial charge in [-0.15, -0.1) is 0 Å². The summed E-state index contributed by atoms with van der Waals surface area (Å²) in [4.78, 5) is 11.5. The minimum atomic E-state index is -0.146. The minimum absolute atomic E-state index is 0.0321. The quantitative estimate of drug-likeness (QED) is 0.373. The van der Waals surface area contributed by atoms with Gasteiger partial charge in [-0.05, 0) is 19.3 Å². The lowest BCUT2D eigenvalue weighted by atomic mass is 9.72. The molecule has 1 aliphatic rings. The molecule has 0 unspecified atom stereocenters. The first-order valence-electron chi connectivity index (χ1n) is 4.76. The smallest absolute Gasteiger partial charge is 0.240 e. The van der Waals surface area contributed by atoms with Crippen LogP contribution in [0.25, 0.3) is 0 Å². The molecule has 1 aliphatic carbocycles. The van der Waals surface area contributed by atoms with Gasteiger partial charge in [0.05, 0.1) is 5.41 Å². The van der Waals surface area contributed by atoms with E-state index in [1.165, 1.54) is 19.3 Å². The van der Waals surface area contributed by atoms with Crippen LogP contribution < -0.4 is 11.3 Å². The number of carbonyl (C=O) groups is 1. The SMILES string of the molecule is CCC1(C(=O)NN)CCCCC1. The Morgan fingerprint density at radius 2 is 2.00 bits per heavy atom. The molecule has 0 aromatic rings. The Bertz CT molecular complexity index is 162. The first kappa shape index (κ1) is 9.52. The second-order valence-electron chi connectivity index (χ2n) is 3.67. The van der Waals surface area contributed by atoms with Gasteiger partial charge in [-0.1, -0.05) is 26.2 Å². The Morgan fingerprint density at radius 3 is 2.42 bits per heavy atom. The summed E-state index contributed by atoms with van der Waals surface area (Å²) in [6, 6.07) is 0. The van der Waals surface area contributed by atoms with Gasteiger partial charge in [0.1, 0.15) is 0 Å². The standard InChI is InChI=1S/C9H18N2O/c1-2-9(8(12)11-10)6-4-3-5-7-9/h2-7,10H2,1H3,(H,11,12). The van der Waals surface area contributed by atoms with Gasteiger partial charge >= 0.3 is 0 Å². The molecule has 1 rings (SSSR count). The maximum Gasteiger partial charge on any atom is 0.240 e. The number of nitrogens with two attached hydrogens (primary N) is 1. The molecular formula is C9H18N2O. The van der Waals surface area contributed by atoms with E-state index in [0.29, 0.717) is 0 Å². The van der Waals surface area contributed by atoms with Gasteiger partial charge in [-0.2, -0.15) is 0 Å². The molecule has 0 atom stereocenters. The van der Waals surface area contributed by atoms with E-state index in [9.17, 15) is 4.79 Å². The van der Waals surface area contributed by atoms with E-state index in [2.05, 4.69) is 12.3 Å². The Kier molecular flexibility index (Phi) is 3.09. The van der Waals surface area contributed by atoms with E-state index in [1.54, 1.807) is 0 Å². The van der Waals surface area contributed by atoms with Crippen LogP contribution in [-0.2, 0) is 4.79 Å². The van der Waals surface area contributed by atoms with Crippen molar-refractivity contribution in [1.29, 1.82) is 0 Å². The molecule has 1 fully saturated rings. The average molecular weight is 170 g/mol. The van der Waals surface area contributed by atoms with Gasteiger partial charge in [0.15, 0.2) is 0 Å². The van der Waals surface area contributed by atoms with Gasteiger partial charge < -0.3 is 0 Å². The third-order valence-electron chi connectivity index (χ3n) is 3.10. The van der Waals surface area contributed by atoms with Crippen LogP contribution in [-0.4, -0.2) is 5.91 Å². The van der Waals surface area contributed by atoms with Crippen LogP contribution in [0.2, 0.25) is 0 Å². The van der Waals surface area contributed by atoms with Crippen LogP contribution in [0.5, 0.6) is 0 Å². The van der Waals surface area contributed by atoms with Gasteiger partial charge in [0.25, 0.3) is 0 Å². The Morgan fingerprint density at radius 1 is 1.42 bits per heavy atom. The van der Waals surface area contributed by atoms with Crippen LogP contribution in [0.4, 0.5) is 0 Å². The minimum Gasteiger partial charge on any atom is -0.294 e. The zero-order valence-electron chi connectivity index (χ0n) is 7.73. The summed E-state index contributed by atoms with van der Waals surface area (Å²) in [6.07, 6.45) is 6.53. The first-order chi connectivity index (χ1) is 5.75. The fourth-order valence-electron chi connectivity index (χ4n) is 2.12. The third kappa shape index (κ3) is 1.61. The molecule has 0 spiro atoms. The summed E-state index contributed by atoms with van der Waals surface area (Å²) in [5.41, 5.74) is 2.14. The van der Waals surface area contributed by atoms with Crippen LogP contribution in [0.15, 0.2) is 0 Å². The number of carbonyl (C=O) groups excluding carboxylic acids is 1. The second-order valence-corrected chi connectivity index (χ2v) is 3.67. The maximum absolute atomic E-state index is 11.5. The molecule has 3 nitrogen and oxygen atoms in total. The van der Waals surface area contributed by atoms with Crippen molar-refractivity contribution in [3.63, 3.8) is 0 Å². The number of hydrogen-bond donors (Lipinski definition) is 2. The molecule has 0 aliphatic heterocycles. The van der Waals surface area contributed by atoms with E-state index < -0.39 is 0 Å². The van der Waals surface area contributed by atoms with Crippen molar-refractivity contribution in [3.8, 4) is 0 Å². The third-order valence-corrected chi connectivity index (χ3v) is 3.10. The Labute approximate surface area is 73.7 Å². The summed E-state index contributed by atoms with van der Waals surface area (Å²) in [5, 5.41) is 0. The number of hydrogen-bond acceptors (Lipinski definition) is 2. The zero-order chi connectivity index (χ0) is 9.03. The average Bonchev–Trinajstić information content (AvgIpc) is 2.17. The lowest BCUT2D eigenvalue weighted by Crippen LogP contribution is -2.45. The van der Waals surface area contributed by atoms with Crippen molar-refractivity contribution in [2.45, 2.75) is 45.4 Å². The summed E-state index contributed by atoms with van der Waals surface area (Å²) < 4.78 is 0. The Hall–Kier alpha value is -0.570. The Balaban J connectivity index is 2.66. The van der Waals surface area contributed by atoms with Gasteiger partial charge in [-0.3, -0.25) is 10.2 Å². The van der Waals surface area contributed by atoms with Gasteiger partial charge in [0.2, 0.25) is 5.91 Å². The van der Waals surface area contributed by atoms with Crippen LogP contribution in [0, 0.1) is 5.41 Å². The van der Waals surface area contributed by atoms with Crippen LogP contribution in [0.1, 0.15) is 45.4 Å². The van der Waals surface area contributed by atoms with Crippen molar-refractivity contribution < 1.29 is 4.79 Å². The molecule has 0 aromatic carbocycles. The lowest BCUT2D eigenvalue weighted by Gasteiger charge is -2.34. The molecule has 3 N–H and O–H groups in total. The zero-order valence-corrected chi connectivity index (χ0v) is 7.73. The van der Waals surface area contributed by atoms with Crippen LogP contribution >= 0.6 is 0 Å². The van der Waals surface area contributed by atoms with Gasteiger partial charge in [-0.25, -0.2) is 5.84 Å². The van der Waals surface area contributed by atoms with E-state index >= 15 is 0 Å². The monoisotopic (exact) mass is 170 g/mol. The largest absolute Gasteiger partial charge is 0.294 e. The molecule has 0 aromatic heterocycles. The molecule has 70 valence electrons. The molecule has 0 radical (unpaired) electrons. The molecule has 0 saturated heterocycles. The number of rotatable bonds is 2. The molecule has 1 saturated carbocycles. The van der Waals surface area contributed by atoms with E-state index in [1.807, 2.05) is 0 Å². The fourth-order valence-corrected chi connectivity index (χ4v) is 2.12. The maximum atomic E-state index is 11.5. The molecule has 12 heavy (non-hydrogen) atoms. The van der Waals surface area contributed by atoms with Crippen molar-refractivity contribution >= 4 is 5.91 Å². The molecule has 1 amide bonds. The summed E-state index contributed by atoms with van der Waals surface area (Å²) in [6.45, 7) is 2.07. The number of nitrogens with one attached hydrogen (secondary N) is 1. The topological polar surface area (TPSA) is 55.1 Å². The van der Waals surface area contributed by atoms with Crippen molar-refractivity contribution in [2.24, 2.45) is 11.3 Å². The molecule has 3 heteroatoms. The number of hydrazine groups is 1. The summed E-state index contributed by atoms with van der Waals surface area (Å²) in [7, 11) is 0. The van der Waals surface area contributed by atoms with Crippen LogP contribution in [0.3, 0.4) is 0 Å². The van der Waals surface area contributed by atoms with Crippen molar-refractivity contribution in [1.82, 2.24) is 5.43 Å². The number of amides is 1. The first-order valence-corrected chi connectivity index (χ1v) is 4.76. The normalized spacial score (nSPS) is 21.8. The van der Waals surface area contributed by atoms with E-state index in [0.717, 1.165) is 19.3 Å². The highest BCUT2D eigenvalue weighted by molar-refractivity contribution is 5.82. The molecular weight excluding hydrogens is 152 g/mol. The van der Waals surface area contributed by atoms with E-state index in [-0.39, 0.29) is 11.3 Å². The molecule has 0 bridgehead atoms. The highest BCUT2D eigenvalue weighted by Gasteiger charge is 2.36. The van der Waals surface area contributed by atoms with E-state index in [4.69, 9.17) is 5.84 Å². The highest BCUT2D eigenvalue weighted by Crippen LogP contribution is 2.38. The predicted molar refractivity (Wildman–Crippen MR) is 48.1 cm³/mol. The highest BCUT2D eigenvalue weighted by atomic mass is 16.2. The predicted octanol–water partition coefficient (Wildman–Crippen LogP) is 1.34. The fraction of sp³-hybridized carbons (Fsp3) is 0.889. The summed E-state index contributed by atoms with van der Waals surface area (Å²) in [5.74, 6) is 5.20. The second kappa shape index (κ2) is 3.90. The lowest BCUT2D eigenvalue weighted by molar-refractivity contribution is -0.133. The van der Waals surface area contributed by atoms with Crippen molar-refractivity contribution in [3.05, 3.63) is 0 Å². The van der Waals surface area contributed by atoms with Crippen molar-refractivity contribution in [2.75, 3.05) is 0 Å².